The van der Waals surface area contributed by atoms with Crippen LogP contribution < -0.4 is 4.74 Å². The Kier molecular flexibility index (Phi) is 5.12. The number of hydrogen-bond donors (Lipinski definition) is 1. The van der Waals surface area contributed by atoms with Crippen molar-refractivity contribution in [3.05, 3.63) is 57.8 Å². The number of hydrogen-bond acceptors (Lipinski definition) is 4. The van der Waals surface area contributed by atoms with Crippen molar-refractivity contribution in [1.82, 2.24) is 4.90 Å². The molecule has 4 heteroatoms. The average Bonchev–Trinajstić information content (AvgIpc) is 3.02. The van der Waals surface area contributed by atoms with Crippen molar-refractivity contribution in [2.75, 3.05) is 19.7 Å². The highest BCUT2D eigenvalue weighted by Gasteiger charge is 2.34. The Labute approximate surface area is 158 Å². The van der Waals surface area contributed by atoms with Crippen LogP contribution in [0.1, 0.15) is 35.3 Å². The van der Waals surface area contributed by atoms with Gasteiger partial charge in [0.15, 0.2) is 0 Å². The standard InChI is InChI=1S/C22H23NO2S/c24-14-3-5-18-15-20(26-17-18)16-23-12-4-9-22(11-13-23)10-8-19-6-1-2-7-21(19)25-22/h1-2,6-8,10,15,17,24H,4,9,11-14,16H2. The summed E-state index contributed by atoms with van der Waals surface area (Å²) in [5, 5.41) is 10.9. The SMILES string of the molecule is OCC#Cc1csc(CN2CCCC3(C=Cc4ccccc4O3)CC2)c1. The molecule has 0 bridgehead atoms. The van der Waals surface area contributed by atoms with Crippen molar-refractivity contribution < 1.29 is 9.84 Å². The number of likely N-dealkylation sites (tertiary alicyclic amines) is 1. The Balaban J connectivity index is 1.40. The van der Waals surface area contributed by atoms with Crippen LogP contribution in [-0.2, 0) is 6.54 Å². The molecule has 1 spiro atoms. The lowest BCUT2D eigenvalue weighted by molar-refractivity contribution is 0.0991. The molecule has 1 aromatic heterocycles. The van der Waals surface area contributed by atoms with E-state index in [2.05, 4.69) is 58.5 Å². The van der Waals surface area contributed by atoms with Crippen LogP contribution in [-0.4, -0.2) is 35.3 Å². The van der Waals surface area contributed by atoms with Gasteiger partial charge in [-0.25, -0.2) is 0 Å². The number of nitrogens with zero attached hydrogens (tertiary/aromatic N) is 1. The number of benzene rings is 1. The van der Waals surface area contributed by atoms with Crippen molar-refractivity contribution in [2.24, 2.45) is 0 Å². The first-order valence-corrected chi connectivity index (χ1v) is 10.0. The van der Waals surface area contributed by atoms with Crippen molar-refractivity contribution in [3.63, 3.8) is 0 Å². The van der Waals surface area contributed by atoms with Gasteiger partial charge in [0.1, 0.15) is 18.0 Å². The molecule has 26 heavy (non-hydrogen) atoms. The zero-order chi connectivity index (χ0) is 17.8. The molecule has 2 aliphatic heterocycles. The maximum Gasteiger partial charge on any atom is 0.129 e. The van der Waals surface area contributed by atoms with Gasteiger partial charge in [0.25, 0.3) is 0 Å². The van der Waals surface area contributed by atoms with Gasteiger partial charge < -0.3 is 9.84 Å². The molecule has 1 aromatic carbocycles. The van der Waals surface area contributed by atoms with E-state index in [-0.39, 0.29) is 12.2 Å². The van der Waals surface area contributed by atoms with E-state index in [0.29, 0.717) is 0 Å². The summed E-state index contributed by atoms with van der Waals surface area (Å²) in [6.07, 6.45) is 7.70. The monoisotopic (exact) mass is 365 g/mol. The van der Waals surface area contributed by atoms with Gasteiger partial charge in [-0.3, -0.25) is 4.90 Å². The molecule has 1 fully saturated rings. The van der Waals surface area contributed by atoms with E-state index in [4.69, 9.17) is 9.84 Å². The number of fused-ring (bicyclic) bond motifs is 1. The molecule has 0 amide bonds. The molecule has 2 aromatic rings. The Morgan fingerprint density at radius 3 is 3.08 bits per heavy atom. The molecule has 3 nitrogen and oxygen atoms in total. The number of ether oxygens (including phenoxy) is 1. The van der Waals surface area contributed by atoms with Crippen molar-refractivity contribution in [2.45, 2.75) is 31.4 Å². The van der Waals surface area contributed by atoms with Crippen LogP contribution in [0.4, 0.5) is 0 Å². The molecule has 0 aliphatic carbocycles. The predicted octanol–water partition coefficient (Wildman–Crippen LogP) is 3.92. The Hall–Kier alpha value is -2.06. The smallest absolute Gasteiger partial charge is 0.129 e. The second-order valence-corrected chi connectivity index (χ2v) is 7.93. The third kappa shape index (κ3) is 3.86. The molecular formula is C22H23NO2S. The summed E-state index contributed by atoms with van der Waals surface area (Å²) < 4.78 is 6.43. The van der Waals surface area contributed by atoms with E-state index >= 15 is 0 Å². The fourth-order valence-corrected chi connectivity index (χ4v) is 4.57. The van der Waals surface area contributed by atoms with Crippen LogP contribution >= 0.6 is 11.3 Å². The number of thiophene rings is 1. The van der Waals surface area contributed by atoms with E-state index < -0.39 is 0 Å². The Morgan fingerprint density at radius 2 is 2.15 bits per heavy atom. The number of aliphatic hydroxyl groups excluding tert-OH is 1. The van der Waals surface area contributed by atoms with E-state index in [1.165, 1.54) is 10.4 Å². The summed E-state index contributed by atoms with van der Waals surface area (Å²) in [5.74, 6) is 6.70. The van der Waals surface area contributed by atoms with Gasteiger partial charge in [0.05, 0.1) is 0 Å². The molecule has 4 rings (SSSR count). The first-order valence-electron chi connectivity index (χ1n) is 9.13. The van der Waals surface area contributed by atoms with Crippen molar-refractivity contribution in [1.29, 1.82) is 0 Å². The molecule has 0 saturated carbocycles. The Morgan fingerprint density at radius 1 is 1.23 bits per heavy atom. The number of aliphatic hydroxyl groups is 1. The lowest BCUT2D eigenvalue weighted by Crippen LogP contribution is -2.36. The number of para-hydroxylation sites is 1. The molecule has 1 atom stereocenters. The van der Waals surface area contributed by atoms with Gasteiger partial charge in [-0.1, -0.05) is 36.1 Å². The maximum absolute atomic E-state index is 8.81. The molecule has 1 saturated heterocycles. The molecule has 1 unspecified atom stereocenters. The lowest BCUT2D eigenvalue weighted by atomic mass is 9.91. The molecule has 2 aliphatic rings. The quantitative estimate of drug-likeness (QED) is 0.819. The van der Waals surface area contributed by atoms with Gasteiger partial charge >= 0.3 is 0 Å². The first-order chi connectivity index (χ1) is 12.8. The van der Waals surface area contributed by atoms with Crippen LogP contribution in [0.25, 0.3) is 6.08 Å². The fourth-order valence-electron chi connectivity index (χ4n) is 3.71. The van der Waals surface area contributed by atoms with Gasteiger partial charge in [0, 0.05) is 40.9 Å². The van der Waals surface area contributed by atoms with Crippen molar-refractivity contribution in [3.8, 4) is 17.6 Å². The molecule has 1 N–H and O–H groups in total. The van der Waals surface area contributed by atoms with Gasteiger partial charge in [-0.2, -0.15) is 0 Å². The summed E-state index contributed by atoms with van der Waals surface area (Å²) >= 11 is 1.75. The highest BCUT2D eigenvalue weighted by atomic mass is 32.1. The summed E-state index contributed by atoms with van der Waals surface area (Å²) in [6.45, 7) is 3.00. The normalized spacial score (nSPS) is 22.2. The fraction of sp³-hybridized carbons (Fsp3) is 0.364. The zero-order valence-corrected chi connectivity index (χ0v) is 15.6. The largest absolute Gasteiger partial charge is 0.483 e. The minimum Gasteiger partial charge on any atom is -0.483 e. The zero-order valence-electron chi connectivity index (χ0n) is 14.8. The van der Waals surface area contributed by atoms with E-state index in [1.54, 1.807) is 11.3 Å². The summed E-state index contributed by atoms with van der Waals surface area (Å²) in [5.41, 5.74) is 2.02. The lowest BCUT2D eigenvalue weighted by Gasteiger charge is -2.34. The highest BCUT2D eigenvalue weighted by molar-refractivity contribution is 7.10. The molecule has 3 heterocycles. The van der Waals surface area contributed by atoms with E-state index in [1.807, 2.05) is 6.07 Å². The predicted molar refractivity (Wildman–Crippen MR) is 106 cm³/mol. The van der Waals surface area contributed by atoms with Gasteiger partial charge in [-0.15, -0.1) is 11.3 Å². The minimum atomic E-state index is -0.156. The maximum atomic E-state index is 8.81. The van der Waals surface area contributed by atoms with Gasteiger partial charge in [0.2, 0.25) is 0 Å². The van der Waals surface area contributed by atoms with Crippen LogP contribution in [0.3, 0.4) is 0 Å². The molecule has 134 valence electrons. The van der Waals surface area contributed by atoms with Crippen LogP contribution in [0.5, 0.6) is 5.75 Å². The second kappa shape index (κ2) is 7.67. The average molecular weight is 365 g/mol. The summed E-state index contributed by atoms with van der Waals surface area (Å²) in [4.78, 5) is 3.84. The third-order valence-electron chi connectivity index (χ3n) is 5.07. The molecular weight excluding hydrogens is 342 g/mol. The summed E-state index contributed by atoms with van der Waals surface area (Å²) in [6, 6.07) is 10.4. The van der Waals surface area contributed by atoms with Gasteiger partial charge in [-0.05, 0) is 37.6 Å². The number of rotatable bonds is 2. The summed E-state index contributed by atoms with van der Waals surface area (Å²) in [7, 11) is 0. The van der Waals surface area contributed by atoms with E-state index in [0.717, 1.165) is 50.2 Å². The second-order valence-electron chi connectivity index (χ2n) is 6.93. The van der Waals surface area contributed by atoms with Crippen molar-refractivity contribution >= 4 is 17.4 Å². The first kappa shape index (κ1) is 17.4. The topological polar surface area (TPSA) is 32.7 Å². The minimum absolute atomic E-state index is 0.0873. The van der Waals surface area contributed by atoms with Crippen LogP contribution in [0.2, 0.25) is 0 Å². The van der Waals surface area contributed by atoms with E-state index in [9.17, 15) is 0 Å². The highest BCUT2D eigenvalue weighted by Crippen LogP contribution is 2.37. The van der Waals surface area contributed by atoms with Crippen LogP contribution in [0, 0.1) is 11.8 Å². The van der Waals surface area contributed by atoms with Crippen LogP contribution in [0.15, 0.2) is 41.8 Å². The Bertz CT molecular complexity index is 860. The molecule has 0 radical (unpaired) electrons. The third-order valence-corrected chi connectivity index (χ3v) is 5.99.